The van der Waals surface area contributed by atoms with Crippen molar-refractivity contribution in [1.82, 2.24) is 4.98 Å². The third kappa shape index (κ3) is 1.64. The maximum absolute atomic E-state index is 4.01. The SMILES string of the molecule is Cc1cc(-c2ccncc2)cc[n+]1C. The molecule has 0 amide bonds. The van der Waals surface area contributed by atoms with Gasteiger partial charge in [0.15, 0.2) is 11.9 Å². The molecule has 0 aliphatic rings. The van der Waals surface area contributed by atoms with Gasteiger partial charge in [-0.2, -0.15) is 0 Å². The highest BCUT2D eigenvalue weighted by molar-refractivity contribution is 5.61. The van der Waals surface area contributed by atoms with Crippen LogP contribution in [0.2, 0.25) is 0 Å². The minimum absolute atomic E-state index is 1.21. The highest BCUT2D eigenvalue weighted by Crippen LogP contribution is 2.16. The average molecular weight is 185 g/mol. The fourth-order valence-corrected chi connectivity index (χ4v) is 1.41. The van der Waals surface area contributed by atoms with E-state index in [1.807, 2.05) is 31.6 Å². The Bertz CT molecular complexity index is 435. The Morgan fingerprint density at radius 2 is 1.79 bits per heavy atom. The van der Waals surface area contributed by atoms with E-state index in [2.05, 4.69) is 34.8 Å². The van der Waals surface area contributed by atoms with Crippen LogP contribution < -0.4 is 4.57 Å². The van der Waals surface area contributed by atoms with Gasteiger partial charge < -0.3 is 0 Å². The molecule has 0 radical (unpaired) electrons. The molecule has 0 aromatic carbocycles. The standard InChI is InChI=1S/C12H13N2/c1-10-9-12(5-8-14(10)2)11-3-6-13-7-4-11/h3-9H,1-2H3/q+1. The Labute approximate surface area is 83.9 Å². The molecule has 2 heterocycles. The highest BCUT2D eigenvalue weighted by Gasteiger charge is 2.03. The van der Waals surface area contributed by atoms with Gasteiger partial charge in [-0.25, -0.2) is 4.57 Å². The van der Waals surface area contributed by atoms with Gasteiger partial charge in [0.1, 0.15) is 7.05 Å². The molecule has 0 bridgehead atoms. The number of aromatic nitrogens is 2. The second-order valence-electron chi connectivity index (χ2n) is 3.40. The van der Waals surface area contributed by atoms with E-state index in [1.54, 1.807) is 0 Å². The topological polar surface area (TPSA) is 16.8 Å². The summed E-state index contributed by atoms with van der Waals surface area (Å²) in [6, 6.07) is 8.33. The summed E-state index contributed by atoms with van der Waals surface area (Å²) < 4.78 is 2.10. The van der Waals surface area contributed by atoms with E-state index in [0.29, 0.717) is 0 Å². The van der Waals surface area contributed by atoms with E-state index in [0.717, 1.165) is 0 Å². The van der Waals surface area contributed by atoms with Crippen LogP contribution in [0, 0.1) is 6.92 Å². The first-order valence-electron chi connectivity index (χ1n) is 4.64. The summed E-state index contributed by atoms with van der Waals surface area (Å²) >= 11 is 0. The molecule has 0 saturated heterocycles. The molecule has 14 heavy (non-hydrogen) atoms. The van der Waals surface area contributed by atoms with Crippen molar-refractivity contribution in [1.29, 1.82) is 0 Å². The van der Waals surface area contributed by atoms with Crippen molar-refractivity contribution in [3.8, 4) is 11.1 Å². The second kappa shape index (κ2) is 3.58. The van der Waals surface area contributed by atoms with Gasteiger partial charge >= 0.3 is 0 Å². The Morgan fingerprint density at radius 3 is 2.43 bits per heavy atom. The third-order valence-electron chi connectivity index (χ3n) is 2.41. The first kappa shape index (κ1) is 8.88. The number of pyridine rings is 2. The molecule has 0 atom stereocenters. The second-order valence-corrected chi connectivity index (χ2v) is 3.40. The minimum Gasteiger partial charge on any atom is -0.265 e. The van der Waals surface area contributed by atoms with Crippen LogP contribution in [-0.2, 0) is 7.05 Å². The average Bonchev–Trinajstić information content (AvgIpc) is 2.23. The van der Waals surface area contributed by atoms with E-state index in [4.69, 9.17) is 0 Å². The monoisotopic (exact) mass is 185 g/mol. The lowest BCUT2D eigenvalue weighted by Gasteiger charge is -2.00. The lowest BCUT2D eigenvalue weighted by molar-refractivity contribution is -0.677. The van der Waals surface area contributed by atoms with E-state index in [-0.39, 0.29) is 0 Å². The Kier molecular flexibility index (Phi) is 2.27. The van der Waals surface area contributed by atoms with Gasteiger partial charge in [-0.3, -0.25) is 4.98 Å². The normalized spacial score (nSPS) is 10.1. The maximum Gasteiger partial charge on any atom is 0.178 e. The van der Waals surface area contributed by atoms with Gasteiger partial charge in [-0.15, -0.1) is 0 Å². The molecule has 0 unspecified atom stereocenters. The van der Waals surface area contributed by atoms with Crippen LogP contribution >= 0.6 is 0 Å². The van der Waals surface area contributed by atoms with Crippen LogP contribution in [0.4, 0.5) is 0 Å². The van der Waals surface area contributed by atoms with E-state index in [1.165, 1.54) is 16.8 Å². The van der Waals surface area contributed by atoms with Gasteiger partial charge in [0.25, 0.3) is 0 Å². The lowest BCUT2D eigenvalue weighted by atomic mass is 10.1. The van der Waals surface area contributed by atoms with E-state index in [9.17, 15) is 0 Å². The fraction of sp³-hybridized carbons (Fsp3) is 0.167. The summed E-state index contributed by atoms with van der Waals surface area (Å²) in [6.07, 6.45) is 5.71. The summed E-state index contributed by atoms with van der Waals surface area (Å²) in [5.41, 5.74) is 3.70. The highest BCUT2D eigenvalue weighted by atomic mass is 14.9. The van der Waals surface area contributed by atoms with Gasteiger partial charge in [-0.05, 0) is 23.3 Å². The Hall–Kier alpha value is -1.70. The van der Waals surface area contributed by atoms with Gasteiger partial charge in [0.2, 0.25) is 0 Å². The molecule has 2 nitrogen and oxygen atoms in total. The number of hydrogen-bond donors (Lipinski definition) is 0. The number of rotatable bonds is 1. The Morgan fingerprint density at radius 1 is 1.07 bits per heavy atom. The van der Waals surface area contributed by atoms with Crippen molar-refractivity contribution in [2.45, 2.75) is 6.92 Å². The van der Waals surface area contributed by atoms with Gasteiger partial charge in [-0.1, -0.05) is 0 Å². The molecule has 0 aliphatic heterocycles. The van der Waals surface area contributed by atoms with E-state index >= 15 is 0 Å². The van der Waals surface area contributed by atoms with Crippen LogP contribution in [0.1, 0.15) is 5.69 Å². The molecule has 0 fully saturated rings. The van der Waals surface area contributed by atoms with Crippen LogP contribution in [0.15, 0.2) is 42.9 Å². The summed E-state index contributed by atoms with van der Waals surface area (Å²) in [5, 5.41) is 0. The molecule has 2 aromatic rings. The van der Waals surface area contributed by atoms with Crippen molar-refractivity contribution in [2.24, 2.45) is 7.05 Å². The van der Waals surface area contributed by atoms with Crippen LogP contribution in [-0.4, -0.2) is 4.98 Å². The molecule has 0 N–H and O–H groups in total. The predicted molar refractivity (Wildman–Crippen MR) is 55.6 cm³/mol. The zero-order valence-corrected chi connectivity index (χ0v) is 8.44. The summed E-state index contributed by atoms with van der Waals surface area (Å²) in [5.74, 6) is 0. The Balaban J connectivity index is 2.48. The largest absolute Gasteiger partial charge is 0.265 e. The summed E-state index contributed by atoms with van der Waals surface area (Å²) in [6.45, 7) is 2.10. The maximum atomic E-state index is 4.01. The van der Waals surface area contributed by atoms with Gasteiger partial charge in [0, 0.05) is 31.5 Å². The van der Waals surface area contributed by atoms with Gasteiger partial charge in [0.05, 0.1) is 0 Å². The molecule has 2 aromatic heterocycles. The summed E-state index contributed by atoms with van der Waals surface area (Å²) in [7, 11) is 2.05. The predicted octanol–water partition coefficient (Wildman–Crippen LogP) is 1.88. The molecule has 0 aliphatic carbocycles. The minimum atomic E-state index is 1.21. The molecule has 2 heteroatoms. The van der Waals surface area contributed by atoms with Crippen molar-refractivity contribution in [2.75, 3.05) is 0 Å². The van der Waals surface area contributed by atoms with Crippen molar-refractivity contribution < 1.29 is 4.57 Å². The zero-order valence-electron chi connectivity index (χ0n) is 8.44. The molecule has 2 rings (SSSR count). The third-order valence-corrected chi connectivity index (χ3v) is 2.41. The zero-order chi connectivity index (χ0) is 9.97. The van der Waals surface area contributed by atoms with Crippen molar-refractivity contribution in [3.63, 3.8) is 0 Å². The number of aryl methyl sites for hydroxylation is 2. The number of nitrogens with zero attached hydrogens (tertiary/aromatic N) is 2. The lowest BCUT2D eigenvalue weighted by Crippen LogP contribution is -2.30. The van der Waals surface area contributed by atoms with Crippen LogP contribution in [0.3, 0.4) is 0 Å². The van der Waals surface area contributed by atoms with Crippen LogP contribution in [0.5, 0.6) is 0 Å². The molecular formula is C12H13N2+. The number of hydrogen-bond acceptors (Lipinski definition) is 1. The smallest absolute Gasteiger partial charge is 0.178 e. The summed E-state index contributed by atoms with van der Waals surface area (Å²) in [4.78, 5) is 4.01. The van der Waals surface area contributed by atoms with E-state index < -0.39 is 0 Å². The van der Waals surface area contributed by atoms with Crippen molar-refractivity contribution >= 4 is 0 Å². The first-order chi connectivity index (χ1) is 6.77. The molecular weight excluding hydrogens is 172 g/mol. The fourth-order valence-electron chi connectivity index (χ4n) is 1.41. The molecule has 0 spiro atoms. The van der Waals surface area contributed by atoms with Crippen LogP contribution in [0.25, 0.3) is 11.1 Å². The molecule has 70 valence electrons. The van der Waals surface area contributed by atoms with Crippen molar-refractivity contribution in [3.05, 3.63) is 48.5 Å². The quantitative estimate of drug-likeness (QED) is 0.620. The molecule has 0 saturated carbocycles. The first-order valence-corrected chi connectivity index (χ1v) is 4.64.